The molecule has 0 heterocycles. The minimum atomic E-state index is -0.753. The zero-order chi connectivity index (χ0) is 14.5. The lowest BCUT2D eigenvalue weighted by Crippen LogP contribution is -2.01. The predicted octanol–water partition coefficient (Wildman–Crippen LogP) is 4.26. The molecule has 0 amide bonds. The Hall–Kier alpha value is -1.06. The molecular weight excluding hydrogens is 295 g/mol. The molecule has 0 aliphatic heterocycles. The highest BCUT2D eigenvalue weighted by Crippen LogP contribution is 2.30. The highest BCUT2D eigenvalue weighted by Gasteiger charge is 2.14. The normalized spacial score (nSPS) is 12.4. The van der Waals surface area contributed by atoms with E-state index in [9.17, 15) is 5.11 Å². The number of aliphatic hydroxyl groups is 1. The first-order valence-corrected chi connectivity index (χ1v) is 7.08. The maximum absolute atomic E-state index is 10.4. The van der Waals surface area contributed by atoms with Crippen LogP contribution in [0.3, 0.4) is 0 Å². The highest BCUT2D eigenvalue weighted by atomic mass is 35.5. The van der Waals surface area contributed by atoms with Gasteiger partial charge in [-0.25, -0.2) is 0 Å². The van der Waals surface area contributed by atoms with Crippen molar-refractivity contribution >= 4 is 23.2 Å². The SMILES string of the molecule is COCCc1ccc(C(O)c2ccc(Cl)cc2Cl)cc1. The second-order valence-corrected chi connectivity index (χ2v) is 5.40. The van der Waals surface area contributed by atoms with E-state index in [2.05, 4.69) is 0 Å². The van der Waals surface area contributed by atoms with E-state index in [-0.39, 0.29) is 0 Å². The number of rotatable bonds is 5. The zero-order valence-electron chi connectivity index (χ0n) is 11.1. The molecule has 1 unspecified atom stereocenters. The van der Waals surface area contributed by atoms with Crippen LogP contribution in [0.15, 0.2) is 42.5 Å². The largest absolute Gasteiger partial charge is 0.384 e. The topological polar surface area (TPSA) is 29.5 Å². The fraction of sp³-hybridized carbons (Fsp3) is 0.250. The number of hydrogen-bond donors (Lipinski definition) is 1. The molecule has 2 aromatic carbocycles. The van der Waals surface area contributed by atoms with Gasteiger partial charge in [0.15, 0.2) is 0 Å². The van der Waals surface area contributed by atoms with Gasteiger partial charge in [-0.05, 0) is 29.7 Å². The molecular formula is C16H16Cl2O2. The summed E-state index contributed by atoms with van der Waals surface area (Å²) in [7, 11) is 1.68. The summed E-state index contributed by atoms with van der Waals surface area (Å²) in [5, 5.41) is 11.4. The Kier molecular flexibility index (Phi) is 5.44. The summed E-state index contributed by atoms with van der Waals surface area (Å²) in [6, 6.07) is 12.9. The van der Waals surface area contributed by atoms with Crippen LogP contribution in [-0.4, -0.2) is 18.8 Å². The maximum Gasteiger partial charge on any atom is 0.105 e. The molecule has 0 bridgehead atoms. The van der Waals surface area contributed by atoms with E-state index in [0.717, 1.165) is 12.0 Å². The summed E-state index contributed by atoms with van der Waals surface area (Å²) in [5.74, 6) is 0. The predicted molar refractivity (Wildman–Crippen MR) is 82.5 cm³/mol. The van der Waals surface area contributed by atoms with Crippen LogP contribution < -0.4 is 0 Å². The van der Waals surface area contributed by atoms with Crippen molar-refractivity contribution in [2.45, 2.75) is 12.5 Å². The van der Waals surface area contributed by atoms with Crippen LogP contribution in [0.5, 0.6) is 0 Å². The van der Waals surface area contributed by atoms with Crippen molar-refractivity contribution in [2.75, 3.05) is 13.7 Å². The van der Waals surface area contributed by atoms with E-state index in [0.29, 0.717) is 22.2 Å². The Morgan fingerprint density at radius 2 is 1.80 bits per heavy atom. The molecule has 0 fully saturated rings. The fourth-order valence-corrected chi connectivity index (χ4v) is 2.50. The van der Waals surface area contributed by atoms with Crippen molar-refractivity contribution in [3.05, 3.63) is 69.2 Å². The number of aliphatic hydroxyl groups excluding tert-OH is 1. The molecule has 0 aromatic heterocycles. The van der Waals surface area contributed by atoms with Gasteiger partial charge in [0, 0.05) is 22.7 Å². The molecule has 0 spiro atoms. The van der Waals surface area contributed by atoms with Crippen LogP contribution in [0.4, 0.5) is 0 Å². The molecule has 0 saturated carbocycles. The smallest absolute Gasteiger partial charge is 0.105 e. The first kappa shape index (κ1) is 15.3. The van der Waals surface area contributed by atoms with Gasteiger partial charge >= 0.3 is 0 Å². The lowest BCUT2D eigenvalue weighted by Gasteiger charge is -2.14. The van der Waals surface area contributed by atoms with Gasteiger partial charge in [-0.15, -0.1) is 0 Å². The molecule has 2 rings (SSSR count). The van der Waals surface area contributed by atoms with Gasteiger partial charge in [0.1, 0.15) is 6.10 Å². The lowest BCUT2D eigenvalue weighted by molar-refractivity contribution is 0.202. The Morgan fingerprint density at radius 1 is 1.10 bits per heavy atom. The minimum Gasteiger partial charge on any atom is -0.384 e. The van der Waals surface area contributed by atoms with Crippen LogP contribution in [-0.2, 0) is 11.2 Å². The first-order valence-electron chi connectivity index (χ1n) is 6.32. The Balaban J connectivity index is 2.18. The molecule has 0 saturated heterocycles. The quantitative estimate of drug-likeness (QED) is 0.894. The lowest BCUT2D eigenvalue weighted by atomic mass is 10.00. The number of halogens is 2. The average molecular weight is 311 g/mol. The summed E-state index contributed by atoms with van der Waals surface area (Å²) < 4.78 is 5.04. The molecule has 2 aromatic rings. The van der Waals surface area contributed by atoms with Crippen molar-refractivity contribution in [2.24, 2.45) is 0 Å². The molecule has 0 aliphatic carbocycles. The Morgan fingerprint density at radius 3 is 2.40 bits per heavy atom. The Labute approximate surface area is 128 Å². The summed E-state index contributed by atoms with van der Waals surface area (Å²) in [6.07, 6.45) is 0.102. The Bertz CT molecular complexity index is 567. The van der Waals surface area contributed by atoms with Crippen molar-refractivity contribution in [3.8, 4) is 0 Å². The number of hydrogen-bond acceptors (Lipinski definition) is 2. The third kappa shape index (κ3) is 3.74. The van der Waals surface area contributed by atoms with Crippen molar-refractivity contribution < 1.29 is 9.84 Å². The van der Waals surface area contributed by atoms with Crippen LogP contribution in [0.25, 0.3) is 0 Å². The van der Waals surface area contributed by atoms with E-state index >= 15 is 0 Å². The van der Waals surface area contributed by atoms with E-state index in [4.69, 9.17) is 27.9 Å². The zero-order valence-corrected chi connectivity index (χ0v) is 12.7. The van der Waals surface area contributed by atoms with E-state index < -0.39 is 6.10 Å². The molecule has 106 valence electrons. The van der Waals surface area contributed by atoms with Gasteiger partial charge in [-0.3, -0.25) is 0 Å². The second kappa shape index (κ2) is 7.09. The monoisotopic (exact) mass is 310 g/mol. The fourth-order valence-electron chi connectivity index (χ4n) is 1.99. The van der Waals surface area contributed by atoms with Crippen LogP contribution >= 0.6 is 23.2 Å². The van der Waals surface area contributed by atoms with Crippen molar-refractivity contribution in [1.82, 2.24) is 0 Å². The molecule has 0 radical (unpaired) electrons. The van der Waals surface area contributed by atoms with E-state index in [1.165, 1.54) is 5.56 Å². The molecule has 2 nitrogen and oxygen atoms in total. The van der Waals surface area contributed by atoms with Crippen LogP contribution in [0.1, 0.15) is 22.8 Å². The van der Waals surface area contributed by atoms with E-state index in [1.807, 2.05) is 24.3 Å². The van der Waals surface area contributed by atoms with Gasteiger partial charge in [-0.2, -0.15) is 0 Å². The number of methoxy groups -OCH3 is 1. The van der Waals surface area contributed by atoms with Gasteiger partial charge in [0.05, 0.1) is 6.61 Å². The van der Waals surface area contributed by atoms with Crippen LogP contribution in [0.2, 0.25) is 10.0 Å². The molecule has 0 aliphatic rings. The van der Waals surface area contributed by atoms with Gasteiger partial charge in [-0.1, -0.05) is 53.5 Å². The summed E-state index contributed by atoms with van der Waals surface area (Å²) in [6.45, 7) is 0.685. The number of ether oxygens (including phenoxy) is 1. The summed E-state index contributed by atoms with van der Waals surface area (Å²) in [5.41, 5.74) is 2.63. The van der Waals surface area contributed by atoms with Crippen molar-refractivity contribution in [3.63, 3.8) is 0 Å². The van der Waals surface area contributed by atoms with E-state index in [1.54, 1.807) is 25.3 Å². The standard InChI is InChI=1S/C16H16Cl2O2/c1-20-9-8-11-2-4-12(5-3-11)16(19)14-7-6-13(17)10-15(14)18/h2-7,10,16,19H,8-9H2,1H3. The third-order valence-electron chi connectivity index (χ3n) is 3.15. The van der Waals surface area contributed by atoms with Crippen molar-refractivity contribution in [1.29, 1.82) is 0 Å². The second-order valence-electron chi connectivity index (χ2n) is 4.55. The molecule has 1 N–H and O–H groups in total. The molecule has 1 atom stereocenters. The highest BCUT2D eigenvalue weighted by molar-refractivity contribution is 6.35. The average Bonchev–Trinajstić information content (AvgIpc) is 2.45. The van der Waals surface area contributed by atoms with Gasteiger partial charge in [0.2, 0.25) is 0 Å². The third-order valence-corrected chi connectivity index (χ3v) is 3.71. The molecule has 4 heteroatoms. The van der Waals surface area contributed by atoms with Crippen LogP contribution in [0, 0.1) is 0 Å². The first-order chi connectivity index (χ1) is 9.61. The molecule has 20 heavy (non-hydrogen) atoms. The number of benzene rings is 2. The minimum absolute atomic E-state index is 0.466. The maximum atomic E-state index is 10.4. The summed E-state index contributed by atoms with van der Waals surface area (Å²) >= 11 is 12.0. The van der Waals surface area contributed by atoms with Gasteiger partial charge < -0.3 is 9.84 Å². The van der Waals surface area contributed by atoms with Gasteiger partial charge in [0.25, 0.3) is 0 Å². The summed E-state index contributed by atoms with van der Waals surface area (Å²) in [4.78, 5) is 0.